The molecule has 0 aliphatic rings. The Morgan fingerprint density at radius 2 is 1.95 bits per heavy atom. The molecule has 3 aromatic rings. The molecule has 0 aliphatic carbocycles. The number of halogens is 2. The van der Waals surface area contributed by atoms with Crippen LogP contribution in [0.1, 0.15) is 5.56 Å². The highest BCUT2D eigenvalue weighted by Gasteiger charge is 2.12. The molecule has 8 heteroatoms. The lowest BCUT2D eigenvalue weighted by atomic mass is 10.2. The van der Waals surface area contributed by atoms with Gasteiger partial charge in [-0.1, -0.05) is 29.3 Å². The normalized spacial score (nSPS) is 11.2. The summed E-state index contributed by atoms with van der Waals surface area (Å²) in [7, 11) is 0. The number of nitrogens with zero attached hydrogens (tertiary/aromatic N) is 4. The summed E-state index contributed by atoms with van der Waals surface area (Å²) in [5, 5.41) is 16.2. The highest BCUT2D eigenvalue weighted by molar-refractivity contribution is 7.98. The van der Waals surface area contributed by atoms with Gasteiger partial charge in [0.15, 0.2) is 5.65 Å². The molecule has 0 atom stereocenters. The van der Waals surface area contributed by atoms with E-state index in [-0.39, 0.29) is 6.61 Å². The molecule has 1 aromatic carbocycles. The Labute approximate surface area is 141 Å². The van der Waals surface area contributed by atoms with Crippen molar-refractivity contribution in [2.24, 2.45) is 0 Å². The third-order valence-electron chi connectivity index (χ3n) is 3.12. The van der Waals surface area contributed by atoms with Gasteiger partial charge < -0.3 is 5.11 Å². The standard InChI is InChI=1S/C14H12Cl2N4OS/c15-11-2-1-3-12(16)10(11)7-22-14-9-6-19-20(4-5-21)13(9)17-8-18-14/h1-3,6,8,21H,4-5,7H2. The van der Waals surface area contributed by atoms with E-state index in [1.807, 2.05) is 18.2 Å². The molecule has 0 unspecified atom stereocenters. The quantitative estimate of drug-likeness (QED) is 0.561. The summed E-state index contributed by atoms with van der Waals surface area (Å²) < 4.78 is 1.66. The third kappa shape index (κ3) is 3.05. The van der Waals surface area contributed by atoms with Gasteiger partial charge in [-0.3, -0.25) is 0 Å². The van der Waals surface area contributed by atoms with Crippen molar-refractivity contribution in [1.82, 2.24) is 19.7 Å². The minimum absolute atomic E-state index is 0.0124. The number of hydrogen-bond acceptors (Lipinski definition) is 5. The fraction of sp³-hybridized carbons (Fsp3) is 0.214. The van der Waals surface area contributed by atoms with Crippen LogP contribution in [0, 0.1) is 0 Å². The van der Waals surface area contributed by atoms with Gasteiger partial charge >= 0.3 is 0 Å². The average Bonchev–Trinajstić information content (AvgIpc) is 2.91. The molecule has 114 valence electrons. The van der Waals surface area contributed by atoms with Gasteiger partial charge in [0.2, 0.25) is 0 Å². The number of benzene rings is 1. The molecular weight excluding hydrogens is 343 g/mol. The minimum atomic E-state index is 0.0124. The predicted octanol–water partition coefficient (Wildman–Crippen LogP) is 3.42. The van der Waals surface area contributed by atoms with Gasteiger partial charge in [-0.05, 0) is 17.7 Å². The summed E-state index contributed by atoms with van der Waals surface area (Å²) in [5.41, 5.74) is 1.59. The molecular formula is C14H12Cl2N4OS. The molecule has 0 saturated heterocycles. The number of thioether (sulfide) groups is 1. The van der Waals surface area contributed by atoms with E-state index in [9.17, 15) is 0 Å². The maximum Gasteiger partial charge on any atom is 0.162 e. The second kappa shape index (κ2) is 6.83. The maximum atomic E-state index is 9.04. The lowest BCUT2D eigenvalue weighted by Crippen LogP contribution is -2.04. The first-order chi connectivity index (χ1) is 10.7. The molecule has 0 amide bonds. The first kappa shape index (κ1) is 15.6. The summed E-state index contributed by atoms with van der Waals surface area (Å²) in [6.07, 6.45) is 3.20. The molecule has 2 aromatic heterocycles. The highest BCUT2D eigenvalue weighted by Crippen LogP contribution is 2.33. The van der Waals surface area contributed by atoms with E-state index in [1.54, 1.807) is 10.9 Å². The zero-order valence-electron chi connectivity index (χ0n) is 11.4. The number of aromatic nitrogens is 4. The van der Waals surface area contributed by atoms with E-state index in [4.69, 9.17) is 28.3 Å². The summed E-state index contributed by atoms with van der Waals surface area (Å²) >= 11 is 13.9. The molecule has 0 radical (unpaired) electrons. The van der Waals surface area contributed by atoms with Crippen LogP contribution < -0.4 is 0 Å². The van der Waals surface area contributed by atoms with E-state index in [1.165, 1.54) is 18.1 Å². The maximum absolute atomic E-state index is 9.04. The Kier molecular flexibility index (Phi) is 4.83. The predicted molar refractivity (Wildman–Crippen MR) is 88.4 cm³/mol. The average molecular weight is 355 g/mol. The van der Waals surface area contributed by atoms with Gasteiger partial charge in [0.05, 0.1) is 24.7 Å². The van der Waals surface area contributed by atoms with E-state index in [0.29, 0.717) is 28.0 Å². The smallest absolute Gasteiger partial charge is 0.162 e. The minimum Gasteiger partial charge on any atom is -0.394 e. The number of fused-ring (bicyclic) bond motifs is 1. The first-order valence-corrected chi connectivity index (χ1v) is 8.28. The fourth-order valence-electron chi connectivity index (χ4n) is 2.06. The lowest BCUT2D eigenvalue weighted by molar-refractivity contribution is 0.271. The van der Waals surface area contributed by atoms with Crippen LogP contribution in [0.5, 0.6) is 0 Å². The Morgan fingerprint density at radius 1 is 1.18 bits per heavy atom. The van der Waals surface area contributed by atoms with E-state index < -0.39 is 0 Å². The van der Waals surface area contributed by atoms with Crippen molar-refractivity contribution < 1.29 is 5.11 Å². The van der Waals surface area contributed by atoms with Crippen LogP contribution in [0.2, 0.25) is 10.0 Å². The van der Waals surface area contributed by atoms with Gasteiger partial charge in [-0.15, -0.1) is 11.8 Å². The third-order valence-corrected chi connectivity index (χ3v) is 4.86. The van der Waals surface area contributed by atoms with Crippen LogP contribution >= 0.6 is 35.0 Å². The van der Waals surface area contributed by atoms with Crippen molar-refractivity contribution in [2.45, 2.75) is 17.3 Å². The monoisotopic (exact) mass is 354 g/mol. The fourth-order valence-corrected chi connectivity index (χ4v) is 3.76. The second-order valence-corrected chi connectivity index (χ2v) is 6.27. The Balaban J connectivity index is 1.88. The van der Waals surface area contributed by atoms with Gasteiger partial charge in [0, 0.05) is 15.8 Å². The number of rotatable bonds is 5. The summed E-state index contributed by atoms with van der Waals surface area (Å²) in [6, 6.07) is 5.46. The van der Waals surface area contributed by atoms with Crippen molar-refractivity contribution in [1.29, 1.82) is 0 Å². The van der Waals surface area contributed by atoms with E-state index in [0.717, 1.165) is 16.0 Å². The van der Waals surface area contributed by atoms with Crippen molar-refractivity contribution in [3.8, 4) is 0 Å². The molecule has 2 heterocycles. The molecule has 3 rings (SSSR count). The molecule has 0 aliphatic heterocycles. The highest BCUT2D eigenvalue weighted by atomic mass is 35.5. The summed E-state index contributed by atoms with van der Waals surface area (Å²) in [4.78, 5) is 8.53. The van der Waals surface area contributed by atoms with Crippen LogP contribution in [0.25, 0.3) is 11.0 Å². The summed E-state index contributed by atoms with van der Waals surface area (Å²) in [5.74, 6) is 0.607. The molecule has 0 saturated carbocycles. The first-order valence-electron chi connectivity index (χ1n) is 6.53. The number of hydrogen-bond donors (Lipinski definition) is 1. The van der Waals surface area contributed by atoms with Crippen molar-refractivity contribution in [3.05, 3.63) is 46.3 Å². The molecule has 0 bridgehead atoms. The van der Waals surface area contributed by atoms with Crippen LogP contribution in [0.15, 0.2) is 35.7 Å². The Hall–Kier alpha value is -1.34. The van der Waals surface area contributed by atoms with Gasteiger partial charge in [-0.2, -0.15) is 5.10 Å². The van der Waals surface area contributed by atoms with E-state index in [2.05, 4.69) is 15.1 Å². The van der Waals surface area contributed by atoms with Crippen LogP contribution in [-0.2, 0) is 12.3 Å². The second-order valence-electron chi connectivity index (χ2n) is 4.50. The van der Waals surface area contributed by atoms with Crippen LogP contribution in [0.4, 0.5) is 0 Å². The lowest BCUT2D eigenvalue weighted by Gasteiger charge is -2.07. The number of aliphatic hydroxyl groups excluding tert-OH is 1. The molecule has 5 nitrogen and oxygen atoms in total. The molecule has 22 heavy (non-hydrogen) atoms. The van der Waals surface area contributed by atoms with Crippen LogP contribution in [0.3, 0.4) is 0 Å². The van der Waals surface area contributed by atoms with Gasteiger partial charge in [0.25, 0.3) is 0 Å². The Morgan fingerprint density at radius 3 is 2.68 bits per heavy atom. The largest absolute Gasteiger partial charge is 0.394 e. The zero-order chi connectivity index (χ0) is 15.5. The van der Waals surface area contributed by atoms with Crippen molar-refractivity contribution in [2.75, 3.05) is 6.61 Å². The summed E-state index contributed by atoms with van der Waals surface area (Å²) in [6.45, 7) is 0.416. The van der Waals surface area contributed by atoms with Crippen LogP contribution in [-0.4, -0.2) is 31.5 Å². The van der Waals surface area contributed by atoms with Gasteiger partial charge in [-0.25, -0.2) is 14.6 Å². The number of aliphatic hydroxyl groups is 1. The van der Waals surface area contributed by atoms with Crippen molar-refractivity contribution >= 4 is 46.0 Å². The van der Waals surface area contributed by atoms with E-state index >= 15 is 0 Å². The molecule has 1 N–H and O–H groups in total. The molecule has 0 spiro atoms. The topological polar surface area (TPSA) is 63.8 Å². The SMILES string of the molecule is OCCn1ncc2c(SCc3c(Cl)cccc3Cl)ncnc21. The molecule has 0 fully saturated rings. The zero-order valence-corrected chi connectivity index (χ0v) is 13.7. The Bertz CT molecular complexity index is 788. The van der Waals surface area contributed by atoms with Crippen molar-refractivity contribution in [3.63, 3.8) is 0 Å². The van der Waals surface area contributed by atoms with Gasteiger partial charge in [0.1, 0.15) is 11.4 Å².